The van der Waals surface area contributed by atoms with Gasteiger partial charge in [-0.15, -0.1) is 0 Å². The summed E-state index contributed by atoms with van der Waals surface area (Å²) in [7, 11) is 0. The number of amides is 1. The predicted molar refractivity (Wildman–Crippen MR) is 57.5 cm³/mol. The van der Waals surface area contributed by atoms with E-state index in [1.165, 1.54) is 0 Å². The molecule has 0 heterocycles. The number of oxime groups is 1. The Balaban J connectivity index is 2.51. The van der Waals surface area contributed by atoms with Gasteiger partial charge in [-0.25, -0.2) is 0 Å². The molecule has 5 heteroatoms. The zero-order chi connectivity index (χ0) is 11.4. The lowest BCUT2D eigenvalue weighted by Crippen LogP contribution is -2.40. The van der Waals surface area contributed by atoms with E-state index in [-0.39, 0.29) is 17.8 Å². The number of nitrogens with two attached hydrogens (primary N) is 1. The van der Waals surface area contributed by atoms with Crippen molar-refractivity contribution >= 4 is 11.7 Å². The quantitative estimate of drug-likeness (QED) is 0.271. The molecule has 0 radical (unpaired) electrons. The molecule has 1 amide bonds. The van der Waals surface area contributed by atoms with E-state index in [1.54, 1.807) is 0 Å². The standard InChI is InChI=1S/C10H19N3O2/c1-3-4-7(9(11)13-15)10(14)12-8-5-6(8)2/h6-8,15H,3-5H2,1-2H3,(H2,11,13)(H,12,14). The molecule has 0 aliphatic heterocycles. The number of nitrogens with one attached hydrogen (secondary N) is 1. The molecule has 5 nitrogen and oxygen atoms in total. The highest BCUT2D eigenvalue weighted by Gasteiger charge is 2.36. The first kappa shape index (κ1) is 11.8. The molecule has 3 atom stereocenters. The largest absolute Gasteiger partial charge is 0.409 e. The normalized spacial score (nSPS) is 27.2. The minimum absolute atomic E-state index is 0.00246. The summed E-state index contributed by atoms with van der Waals surface area (Å²) < 4.78 is 0. The number of nitrogens with zero attached hydrogens (tertiary/aromatic N) is 1. The lowest BCUT2D eigenvalue weighted by atomic mass is 10.0. The minimum Gasteiger partial charge on any atom is -0.409 e. The highest BCUT2D eigenvalue weighted by atomic mass is 16.4. The third-order valence-corrected chi connectivity index (χ3v) is 2.80. The van der Waals surface area contributed by atoms with Crippen LogP contribution in [-0.2, 0) is 4.79 Å². The molecule has 1 saturated carbocycles. The van der Waals surface area contributed by atoms with E-state index < -0.39 is 5.92 Å². The molecule has 1 rings (SSSR count). The van der Waals surface area contributed by atoms with Crippen molar-refractivity contribution in [2.45, 2.75) is 39.2 Å². The van der Waals surface area contributed by atoms with E-state index in [0.29, 0.717) is 12.3 Å². The van der Waals surface area contributed by atoms with Crippen LogP contribution in [0.15, 0.2) is 5.16 Å². The Morgan fingerprint density at radius 2 is 2.33 bits per heavy atom. The summed E-state index contributed by atoms with van der Waals surface area (Å²) in [5, 5.41) is 14.4. The summed E-state index contributed by atoms with van der Waals surface area (Å²) in [5.41, 5.74) is 5.47. The first-order chi connectivity index (χ1) is 7.10. The van der Waals surface area contributed by atoms with Gasteiger partial charge in [0.05, 0.1) is 5.92 Å². The van der Waals surface area contributed by atoms with Crippen LogP contribution in [0.1, 0.15) is 33.1 Å². The fourth-order valence-corrected chi connectivity index (χ4v) is 1.58. The van der Waals surface area contributed by atoms with Crippen LogP contribution in [-0.4, -0.2) is 23.0 Å². The van der Waals surface area contributed by atoms with Crippen molar-refractivity contribution in [1.29, 1.82) is 0 Å². The van der Waals surface area contributed by atoms with Crippen LogP contribution >= 0.6 is 0 Å². The van der Waals surface area contributed by atoms with Crippen LogP contribution in [0.2, 0.25) is 0 Å². The molecule has 15 heavy (non-hydrogen) atoms. The summed E-state index contributed by atoms with van der Waals surface area (Å²) in [6.45, 7) is 4.05. The van der Waals surface area contributed by atoms with Gasteiger partial charge in [-0.1, -0.05) is 25.4 Å². The molecule has 1 aliphatic carbocycles. The topological polar surface area (TPSA) is 87.7 Å². The van der Waals surface area contributed by atoms with Gasteiger partial charge in [-0.2, -0.15) is 0 Å². The number of carbonyl (C=O) groups excluding carboxylic acids is 1. The van der Waals surface area contributed by atoms with E-state index in [4.69, 9.17) is 10.9 Å². The van der Waals surface area contributed by atoms with Crippen molar-refractivity contribution in [3.8, 4) is 0 Å². The molecule has 3 unspecified atom stereocenters. The Kier molecular flexibility index (Phi) is 3.94. The summed E-state index contributed by atoms with van der Waals surface area (Å²) in [6.07, 6.45) is 2.47. The molecule has 1 aliphatic rings. The van der Waals surface area contributed by atoms with E-state index >= 15 is 0 Å². The Morgan fingerprint density at radius 1 is 1.73 bits per heavy atom. The van der Waals surface area contributed by atoms with Crippen molar-refractivity contribution in [2.24, 2.45) is 22.7 Å². The average Bonchev–Trinajstić information content (AvgIpc) is 2.89. The molecule has 0 aromatic carbocycles. The van der Waals surface area contributed by atoms with Crippen LogP contribution in [0, 0.1) is 11.8 Å². The zero-order valence-corrected chi connectivity index (χ0v) is 9.23. The summed E-state index contributed by atoms with van der Waals surface area (Å²) in [5.74, 6) is -0.0551. The fourth-order valence-electron chi connectivity index (χ4n) is 1.58. The van der Waals surface area contributed by atoms with Crippen LogP contribution < -0.4 is 11.1 Å². The van der Waals surface area contributed by atoms with Gasteiger partial charge in [-0.05, 0) is 18.8 Å². The van der Waals surface area contributed by atoms with Gasteiger partial charge >= 0.3 is 0 Å². The second-order valence-electron chi connectivity index (χ2n) is 4.19. The summed E-state index contributed by atoms with van der Waals surface area (Å²) in [4.78, 5) is 11.7. The minimum atomic E-state index is -0.493. The summed E-state index contributed by atoms with van der Waals surface area (Å²) >= 11 is 0. The van der Waals surface area contributed by atoms with Crippen molar-refractivity contribution in [2.75, 3.05) is 0 Å². The van der Waals surface area contributed by atoms with Crippen LogP contribution in [0.3, 0.4) is 0 Å². The zero-order valence-electron chi connectivity index (χ0n) is 9.23. The maximum Gasteiger partial charge on any atom is 0.231 e. The van der Waals surface area contributed by atoms with E-state index in [1.807, 2.05) is 6.92 Å². The third-order valence-electron chi connectivity index (χ3n) is 2.80. The van der Waals surface area contributed by atoms with Crippen molar-refractivity contribution in [3.05, 3.63) is 0 Å². The average molecular weight is 213 g/mol. The van der Waals surface area contributed by atoms with Gasteiger partial charge in [-0.3, -0.25) is 4.79 Å². The second kappa shape index (κ2) is 5.00. The van der Waals surface area contributed by atoms with E-state index in [0.717, 1.165) is 12.8 Å². The van der Waals surface area contributed by atoms with Crippen LogP contribution in [0.5, 0.6) is 0 Å². The Bertz CT molecular complexity index is 265. The Labute approximate surface area is 89.7 Å². The van der Waals surface area contributed by atoms with Gasteiger partial charge in [0, 0.05) is 6.04 Å². The molecule has 0 spiro atoms. The fraction of sp³-hybridized carbons (Fsp3) is 0.800. The van der Waals surface area contributed by atoms with Gasteiger partial charge in [0.1, 0.15) is 0 Å². The number of carbonyl (C=O) groups is 1. The predicted octanol–water partition coefficient (Wildman–Crippen LogP) is 0.674. The van der Waals surface area contributed by atoms with Crippen LogP contribution in [0.25, 0.3) is 0 Å². The lowest BCUT2D eigenvalue weighted by molar-refractivity contribution is -0.123. The molecule has 86 valence electrons. The summed E-state index contributed by atoms with van der Waals surface area (Å²) in [6, 6.07) is 0.281. The molecule has 1 fully saturated rings. The maximum atomic E-state index is 11.7. The Morgan fingerprint density at radius 3 is 2.73 bits per heavy atom. The Hall–Kier alpha value is -1.26. The highest BCUT2D eigenvalue weighted by molar-refractivity contribution is 6.02. The van der Waals surface area contributed by atoms with Gasteiger partial charge in [0.2, 0.25) is 5.91 Å². The second-order valence-corrected chi connectivity index (χ2v) is 4.19. The van der Waals surface area contributed by atoms with E-state index in [2.05, 4.69) is 17.4 Å². The number of hydrogen-bond acceptors (Lipinski definition) is 3. The smallest absolute Gasteiger partial charge is 0.231 e. The first-order valence-corrected chi connectivity index (χ1v) is 5.37. The van der Waals surface area contributed by atoms with Gasteiger partial charge in [0.25, 0.3) is 0 Å². The maximum absolute atomic E-state index is 11.7. The first-order valence-electron chi connectivity index (χ1n) is 5.37. The molecule has 0 aromatic heterocycles. The highest BCUT2D eigenvalue weighted by Crippen LogP contribution is 2.29. The molecular weight excluding hydrogens is 194 g/mol. The molecular formula is C10H19N3O2. The molecule has 4 N–H and O–H groups in total. The number of rotatable bonds is 5. The van der Waals surface area contributed by atoms with E-state index in [9.17, 15) is 4.79 Å². The van der Waals surface area contributed by atoms with Crippen molar-refractivity contribution in [3.63, 3.8) is 0 Å². The van der Waals surface area contributed by atoms with Crippen molar-refractivity contribution in [1.82, 2.24) is 5.32 Å². The van der Waals surface area contributed by atoms with Crippen molar-refractivity contribution < 1.29 is 10.0 Å². The number of amidine groups is 1. The SMILES string of the molecule is CCCC(C(=O)NC1CC1C)C(N)=NO. The molecule has 0 bridgehead atoms. The molecule has 0 aromatic rings. The van der Waals surface area contributed by atoms with Gasteiger partial charge in [0.15, 0.2) is 5.84 Å². The molecule has 0 saturated heterocycles. The third kappa shape index (κ3) is 3.11. The lowest BCUT2D eigenvalue weighted by Gasteiger charge is -2.14. The van der Waals surface area contributed by atoms with Crippen LogP contribution in [0.4, 0.5) is 0 Å². The monoisotopic (exact) mass is 213 g/mol. The number of hydrogen-bond donors (Lipinski definition) is 3. The van der Waals surface area contributed by atoms with Gasteiger partial charge < -0.3 is 16.3 Å².